The number of aliphatic hydroxyl groups excluding tert-OH is 2. The van der Waals surface area contributed by atoms with E-state index >= 15 is 0 Å². The molecule has 1 fully saturated rings. The lowest BCUT2D eigenvalue weighted by Gasteiger charge is -2.19. The summed E-state index contributed by atoms with van der Waals surface area (Å²) in [4.78, 5) is 60.3. The van der Waals surface area contributed by atoms with Crippen LogP contribution < -0.4 is 11.2 Å². The Labute approximate surface area is 170 Å². The first-order chi connectivity index (χ1) is 13.9. The zero-order valence-corrected chi connectivity index (χ0v) is 17.7. The number of ether oxygens (including phenoxy) is 1. The maximum Gasteiger partial charge on any atom is 0.490 e. The minimum Gasteiger partial charge on any atom is -0.387 e. The molecule has 0 spiro atoms. The van der Waals surface area contributed by atoms with Crippen LogP contribution in [0, 0.1) is 5.95 Å². The van der Waals surface area contributed by atoms with Gasteiger partial charge in [0.25, 0.3) is 5.56 Å². The highest BCUT2D eigenvalue weighted by molar-refractivity contribution is 7.66. The summed E-state index contributed by atoms with van der Waals surface area (Å²) in [5.41, 5.74) is -3.29. The molecule has 0 amide bonds. The van der Waals surface area contributed by atoms with Crippen LogP contribution in [0.15, 0.2) is 9.59 Å². The highest BCUT2D eigenvalue weighted by Crippen LogP contribution is 2.66. The van der Waals surface area contributed by atoms with Crippen LogP contribution in [0.2, 0.25) is 0 Å². The van der Waals surface area contributed by atoms with E-state index < -0.39 is 77.3 Å². The second kappa shape index (κ2) is 9.03. The second-order valence-corrected chi connectivity index (χ2v) is 10.4. The molecule has 2 rings (SSSR count). The highest BCUT2D eigenvalue weighted by atomic mass is 31.3. The zero-order chi connectivity index (χ0) is 23.9. The lowest BCUT2D eigenvalue weighted by molar-refractivity contribution is -0.0240. The lowest BCUT2D eigenvalue weighted by Crippen LogP contribution is -2.37. The fourth-order valence-electron chi connectivity index (χ4n) is 2.45. The fraction of sp³-hybridized carbons (Fsp3) is 0.600. The number of nitrogens with zero attached hydrogens (tertiary/aromatic N) is 1. The Morgan fingerprint density at radius 1 is 1.06 bits per heavy atom. The smallest absolute Gasteiger partial charge is 0.387 e. The predicted octanol–water partition coefficient (Wildman–Crippen LogP) is -2.28. The average molecular weight is 516 g/mol. The molecule has 31 heavy (non-hydrogen) atoms. The lowest BCUT2D eigenvalue weighted by atomic mass is 10.0. The van der Waals surface area contributed by atoms with Gasteiger partial charge in [-0.25, -0.2) is 18.5 Å². The molecule has 1 aliphatic rings. The van der Waals surface area contributed by atoms with E-state index in [1.165, 1.54) is 0 Å². The minimum atomic E-state index is -5.79. The molecule has 1 aromatic heterocycles. The Hall–Kier alpha value is -1.10. The fourth-order valence-corrected chi connectivity index (χ4v) is 5.48. The van der Waals surface area contributed by atoms with Crippen LogP contribution >= 0.6 is 23.5 Å². The SMILES string of the molecule is Cn1c(F)c([C@@H]2O[C@H](COP(=O)(O)OP(=O)(O)OP(=O)(O)O)[C@@H](O)[C@H]2O)c(=O)[nH]c1=O. The molecule has 1 saturated heterocycles. The quantitative estimate of drug-likeness (QED) is 0.142. The van der Waals surface area contributed by atoms with Crippen molar-refractivity contribution in [2.24, 2.45) is 7.05 Å². The van der Waals surface area contributed by atoms with E-state index in [9.17, 15) is 42.8 Å². The Bertz CT molecular complexity index is 1100. The van der Waals surface area contributed by atoms with Gasteiger partial charge in [0, 0.05) is 7.05 Å². The normalized spacial score (nSPS) is 28.3. The molecular formula is C10H16FN2O15P3. The van der Waals surface area contributed by atoms with Crippen molar-refractivity contribution in [3.8, 4) is 0 Å². The summed E-state index contributed by atoms with van der Waals surface area (Å²) in [5, 5.41) is 20.0. The summed E-state index contributed by atoms with van der Waals surface area (Å²) in [6.07, 6.45) is -7.53. The van der Waals surface area contributed by atoms with Crippen LogP contribution in [0.3, 0.4) is 0 Å². The Kier molecular flexibility index (Phi) is 7.62. The number of hydrogen-bond donors (Lipinski definition) is 7. The average Bonchev–Trinajstić information content (AvgIpc) is 2.83. The Morgan fingerprint density at radius 2 is 1.65 bits per heavy atom. The molecule has 7 N–H and O–H groups in total. The zero-order valence-electron chi connectivity index (χ0n) is 15.0. The van der Waals surface area contributed by atoms with Gasteiger partial charge in [-0.3, -0.25) is 18.9 Å². The molecule has 1 aromatic rings. The molecule has 17 nitrogen and oxygen atoms in total. The van der Waals surface area contributed by atoms with Crippen molar-refractivity contribution >= 4 is 23.5 Å². The monoisotopic (exact) mass is 516 g/mol. The van der Waals surface area contributed by atoms with E-state index in [1.807, 2.05) is 0 Å². The van der Waals surface area contributed by atoms with E-state index in [4.69, 9.17) is 19.4 Å². The van der Waals surface area contributed by atoms with E-state index in [1.54, 1.807) is 4.98 Å². The molecule has 0 aromatic carbocycles. The van der Waals surface area contributed by atoms with Gasteiger partial charge in [-0.2, -0.15) is 13.0 Å². The number of hydrogen-bond acceptors (Lipinski definition) is 11. The van der Waals surface area contributed by atoms with Crippen molar-refractivity contribution in [1.82, 2.24) is 9.55 Å². The third-order valence-corrected chi connectivity index (χ3v) is 7.55. The predicted molar refractivity (Wildman–Crippen MR) is 91.7 cm³/mol. The summed E-state index contributed by atoms with van der Waals surface area (Å²) in [5.74, 6) is -1.40. The van der Waals surface area contributed by atoms with Crippen LogP contribution in [0.25, 0.3) is 0 Å². The molecule has 2 unspecified atom stereocenters. The van der Waals surface area contributed by atoms with Gasteiger partial charge < -0.3 is 34.5 Å². The van der Waals surface area contributed by atoms with Gasteiger partial charge in [0.1, 0.15) is 30.0 Å². The number of aliphatic hydroxyl groups is 2. The number of H-pyrrole nitrogens is 1. The summed E-state index contributed by atoms with van der Waals surface area (Å²) >= 11 is 0. The van der Waals surface area contributed by atoms with E-state index in [0.717, 1.165) is 7.05 Å². The maximum atomic E-state index is 14.3. The van der Waals surface area contributed by atoms with Crippen molar-refractivity contribution in [2.75, 3.05) is 6.61 Å². The molecule has 0 saturated carbocycles. The van der Waals surface area contributed by atoms with Crippen molar-refractivity contribution in [2.45, 2.75) is 24.4 Å². The van der Waals surface area contributed by atoms with Crippen LogP contribution in [0.1, 0.15) is 11.7 Å². The number of phosphoric ester groups is 1. The first kappa shape index (κ1) is 26.2. The summed E-state index contributed by atoms with van der Waals surface area (Å²) in [7, 11) is -16.0. The largest absolute Gasteiger partial charge is 0.490 e. The number of rotatable bonds is 8. The van der Waals surface area contributed by atoms with Gasteiger partial charge in [-0.1, -0.05) is 0 Å². The summed E-state index contributed by atoms with van der Waals surface area (Å²) < 4.78 is 64.5. The number of phosphoric acid groups is 3. The number of aromatic nitrogens is 2. The molecule has 2 heterocycles. The summed E-state index contributed by atoms with van der Waals surface area (Å²) in [6, 6.07) is 0. The number of nitrogens with one attached hydrogen (secondary N) is 1. The maximum absolute atomic E-state index is 14.3. The number of aromatic amines is 1. The van der Waals surface area contributed by atoms with Crippen molar-refractivity contribution in [3.63, 3.8) is 0 Å². The van der Waals surface area contributed by atoms with E-state index in [-0.39, 0.29) is 0 Å². The van der Waals surface area contributed by atoms with Gasteiger partial charge in [0.15, 0.2) is 0 Å². The Morgan fingerprint density at radius 3 is 2.19 bits per heavy atom. The molecule has 0 radical (unpaired) electrons. The number of halogens is 1. The van der Waals surface area contributed by atoms with Crippen LogP contribution in [-0.2, 0) is 38.6 Å². The first-order valence-electron chi connectivity index (χ1n) is 7.73. The molecule has 1 aliphatic heterocycles. The van der Waals surface area contributed by atoms with Crippen molar-refractivity contribution < 1.29 is 65.8 Å². The Balaban J connectivity index is 2.15. The summed E-state index contributed by atoms with van der Waals surface area (Å²) in [6.45, 7) is -1.16. The van der Waals surface area contributed by atoms with Gasteiger partial charge in [-0.15, -0.1) is 0 Å². The van der Waals surface area contributed by atoms with Gasteiger partial charge in [0.2, 0.25) is 5.95 Å². The van der Waals surface area contributed by atoms with Gasteiger partial charge in [0.05, 0.1) is 6.61 Å². The molecule has 0 bridgehead atoms. The van der Waals surface area contributed by atoms with Gasteiger partial charge >= 0.3 is 29.2 Å². The van der Waals surface area contributed by atoms with Crippen molar-refractivity contribution in [1.29, 1.82) is 0 Å². The molecule has 6 atom stereocenters. The van der Waals surface area contributed by atoms with Crippen LogP contribution in [0.4, 0.5) is 4.39 Å². The highest BCUT2D eigenvalue weighted by Gasteiger charge is 2.48. The topological polar surface area (TPSA) is 264 Å². The van der Waals surface area contributed by atoms with Crippen LogP contribution in [-0.4, -0.2) is 64.3 Å². The third-order valence-electron chi connectivity index (χ3n) is 3.75. The standard InChI is InChI=1S/C10H16FN2O15P3/c1-13-8(11)4(9(16)12-10(13)17)7-6(15)5(14)3(26-7)2-25-30(21,22)28-31(23,24)27-29(18,19)20/h3,5-7,14-15H,2H2,1H3,(H,21,22)(H,23,24)(H,12,16,17)(H2,18,19,20)/t3-,5-,6-,7+/m1/s1. The third kappa shape index (κ3) is 6.46. The minimum absolute atomic E-state index is 0.374. The molecule has 21 heteroatoms. The van der Waals surface area contributed by atoms with Crippen LogP contribution in [0.5, 0.6) is 0 Å². The van der Waals surface area contributed by atoms with Crippen molar-refractivity contribution in [3.05, 3.63) is 32.3 Å². The first-order valence-corrected chi connectivity index (χ1v) is 12.2. The van der Waals surface area contributed by atoms with Gasteiger partial charge in [-0.05, 0) is 0 Å². The molecular weight excluding hydrogens is 500 g/mol. The van der Waals surface area contributed by atoms with E-state index in [0.29, 0.717) is 4.57 Å². The second-order valence-electron chi connectivity index (χ2n) is 5.99. The molecule has 0 aliphatic carbocycles. The molecule has 178 valence electrons. The van der Waals surface area contributed by atoms with E-state index in [2.05, 4.69) is 13.1 Å².